The minimum Gasteiger partial charge on any atom is -0.489 e. The van der Waals surface area contributed by atoms with Gasteiger partial charge >= 0.3 is 0 Å². The highest BCUT2D eigenvalue weighted by molar-refractivity contribution is 5.98. The van der Waals surface area contributed by atoms with E-state index >= 15 is 0 Å². The maximum absolute atomic E-state index is 12.2. The summed E-state index contributed by atoms with van der Waals surface area (Å²) in [6.45, 7) is 0.514. The number of benzene rings is 2. The van der Waals surface area contributed by atoms with E-state index in [0.29, 0.717) is 41.4 Å². The summed E-state index contributed by atoms with van der Waals surface area (Å²) in [6, 6.07) is 19.9. The van der Waals surface area contributed by atoms with E-state index in [4.69, 9.17) is 10.5 Å². The minimum atomic E-state index is -0.501. The van der Waals surface area contributed by atoms with E-state index in [0.717, 1.165) is 49.1 Å². The Morgan fingerprint density at radius 2 is 1.78 bits per heavy atom. The summed E-state index contributed by atoms with van der Waals surface area (Å²) in [4.78, 5) is 16.6. The first kappa shape index (κ1) is 22.9. The van der Waals surface area contributed by atoms with Crippen LogP contribution in [0.25, 0.3) is 0 Å². The maximum atomic E-state index is 12.2. The van der Waals surface area contributed by atoms with Crippen LogP contribution in [0.3, 0.4) is 0 Å². The third-order valence-electron chi connectivity index (χ3n) is 8.11. The molecule has 7 heteroatoms. The van der Waals surface area contributed by atoms with Crippen LogP contribution in [0.5, 0.6) is 5.75 Å². The van der Waals surface area contributed by atoms with Crippen LogP contribution in [0.2, 0.25) is 0 Å². The quantitative estimate of drug-likeness (QED) is 0.364. The fraction of sp³-hybridized carbons (Fsp3) is 0.379. The first-order valence-corrected chi connectivity index (χ1v) is 12.8. The Labute approximate surface area is 211 Å². The number of anilines is 3. The van der Waals surface area contributed by atoms with Crippen molar-refractivity contribution in [2.24, 2.45) is 23.5 Å². The van der Waals surface area contributed by atoms with Gasteiger partial charge in [-0.2, -0.15) is 0 Å². The number of primary amides is 1. The van der Waals surface area contributed by atoms with Gasteiger partial charge in [0.05, 0.1) is 16.9 Å². The normalized spacial score (nSPS) is 28.0. The number of nitrogens with one attached hydrogen (secondary N) is 2. The Bertz CT molecular complexity index is 1230. The van der Waals surface area contributed by atoms with Crippen LogP contribution in [0.4, 0.5) is 17.2 Å². The Balaban J connectivity index is 1.15. The second kappa shape index (κ2) is 9.13. The predicted molar refractivity (Wildman–Crippen MR) is 139 cm³/mol. The molecule has 2 aromatic carbocycles. The summed E-state index contributed by atoms with van der Waals surface area (Å²) in [6.07, 6.45) is 6.41. The van der Waals surface area contributed by atoms with Gasteiger partial charge in [-0.15, -0.1) is 0 Å². The molecule has 1 amide bonds. The van der Waals surface area contributed by atoms with Crippen molar-refractivity contribution in [1.82, 2.24) is 4.98 Å². The lowest BCUT2D eigenvalue weighted by atomic mass is 9.52. The molecule has 4 fully saturated rings. The van der Waals surface area contributed by atoms with Gasteiger partial charge in [0, 0.05) is 24.0 Å². The molecule has 0 saturated heterocycles. The second-order valence-corrected chi connectivity index (χ2v) is 10.8. The lowest BCUT2D eigenvalue weighted by molar-refractivity contribution is -0.129. The van der Waals surface area contributed by atoms with Crippen molar-refractivity contribution < 1.29 is 14.6 Å². The molecule has 186 valence electrons. The van der Waals surface area contributed by atoms with E-state index < -0.39 is 11.5 Å². The predicted octanol–water partition coefficient (Wildman–Crippen LogP) is 4.85. The summed E-state index contributed by atoms with van der Waals surface area (Å²) in [7, 11) is 0. The molecule has 2 unspecified atom stereocenters. The van der Waals surface area contributed by atoms with E-state index in [2.05, 4.69) is 15.6 Å². The van der Waals surface area contributed by atoms with Crippen LogP contribution >= 0.6 is 0 Å². The number of ether oxygens (including phenoxy) is 1. The number of amides is 1. The summed E-state index contributed by atoms with van der Waals surface area (Å²) in [5.41, 5.74) is 8.26. The number of aliphatic hydroxyl groups is 1. The Hall–Kier alpha value is -3.58. The van der Waals surface area contributed by atoms with Crippen molar-refractivity contribution in [1.29, 1.82) is 0 Å². The average molecular weight is 485 g/mol. The Morgan fingerprint density at radius 1 is 1.06 bits per heavy atom. The molecular formula is C29H32N4O3. The van der Waals surface area contributed by atoms with Crippen LogP contribution in [0.15, 0.2) is 66.9 Å². The zero-order valence-electron chi connectivity index (χ0n) is 20.2. The van der Waals surface area contributed by atoms with E-state index in [-0.39, 0.29) is 6.04 Å². The standard InChI is InChI=1S/C29H32N4O3/c30-28(34)24-16-31-26(32-22-6-8-23(9-7-22)36-17-18-4-2-1-3-5-18)12-25(24)33-27-20-10-19-11-21(27)15-29(35,13-19)14-20/h1-9,12,16,19-21,27,35H,10-11,13-15,17H2,(H2,30,34)(H2,31,32,33). The summed E-state index contributed by atoms with van der Waals surface area (Å²) in [5.74, 6) is 2.36. The highest BCUT2D eigenvalue weighted by Gasteiger charge is 2.54. The molecule has 0 radical (unpaired) electrons. The van der Waals surface area contributed by atoms with Gasteiger partial charge in [-0.1, -0.05) is 30.3 Å². The number of nitrogens with two attached hydrogens (primary N) is 1. The SMILES string of the molecule is NC(=O)c1cnc(Nc2ccc(OCc3ccccc3)cc2)cc1NC1C2CC3CC1CC(O)(C3)C2. The summed E-state index contributed by atoms with van der Waals surface area (Å²) >= 11 is 0. The molecular weight excluding hydrogens is 452 g/mol. The number of carbonyl (C=O) groups is 1. The molecule has 5 N–H and O–H groups in total. The van der Waals surface area contributed by atoms with Crippen LogP contribution < -0.4 is 21.1 Å². The Morgan fingerprint density at radius 3 is 2.44 bits per heavy atom. The fourth-order valence-corrected chi connectivity index (χ4v) is 6.76. The lowest BCUT2D eigenvalue weighted by Crippen LogP contribution is -2.59. The largest absolute Gasteiger partial charge is 0.489 e. The molecule has 3 aromatic rings. The van der Waals surface area contributed by atoms with Gasteiger partial charge in [0.25, 0.3) is 5.91 Å². The molecule has 7 rings (SSSR count). The van der Waals surface area contributed by atoms with Crippen molar-refractivity contribution in [3.05, 3.63) is 78.0 Å². The highest BCUT2D eigenvalue weighted by Crippen LogP contribution is 2.56. The molecule has 1 aromatic heterocycles. The lowest BCUT2D eigenvalue weighted by Gasteiger charge is -2.58. The topological polar surface area (TPSA) is 110 Å². The van der Waals surface area contributed by atoms with Crippen molar-refractivity contribution in [2.45, 2.75) is 50.4 Å². The first-order chi connectivity index (χ1) is 17.4. The number of rotatable bonds is 8. The van der Waals surface area contributed by atoms with E-state index in [1.54, 1.807) is 0 Å². The average Bonchev–Trinajstić information content (AvgIpc) is 2.85. The molecule has 7 nitrogen and oxygen atoms in total. The minimum absolute atomic E-state index is 0.233. The van der Waals surface area contributed by atoms with Crippen LogP contribution in [-0.2, 0) is 6.61 Å². The maximum Gasteiger partial charge on any atom is 0.252 e. The number of hydrogen-bond donors (Lipinski definition) is 4. The highest BCUT2D eigenvalue weighted by atomic mass is 16.5. The van der Waals surface area contributed by atoms with Crippen LogP contribution in [0, 0.1) is 17.8 Å². The van der Waals surface area contributed by atoms with Gasteiger partial charge in [0.2, 0.25) is 0 Å². The number of hydrogen-bond acceptors (Lipinski definition) is 6. The van der Waals surface area contributed by atoms with Gasteiger partial charge in [0.15, 0.2) is 0 Å². The van der Waals surface area contributed by atoms with Crippen molar-refractivity contribution in [3.8, 4) is 5.75 Å². The van der Waals surface area contributed by atoms with Gasteiger partial charge in [0.1, 0.15) is 18.2 Å². The summed E-state index contributed by atoms with van der Waals surface area (Å²) < 4.78 is 5.87. The number of pyridine rings is 1. The molecule has 4 aliphatic carbocycles. The monoisotopic (exact) mass is 484 g/mol. The van der Waals surface area contributed by atoms with E-state index in [1.165, 1.54) is 6.20 Å². The Kier molecular flexibility index (Phi) is 5.80. The number of nitrogens with zero attached hydrogens (tertiary/aromatic N) is 1. The molecule has 36 heavy (non-hydrogen) atoms. The molecule has 1 heterocycles. The number of aromatic nitrogens is 1. The third kappa shape index (κ3) is 4.63. The van der Waals surface area contributed by atoms with Gasteiger partial charge in [-0.3, -0.25) is 4.79 Å². The molecule has 4 saturated carbocycles. The van der Waals surface area contributed by atoms with Gasteiger partial charge < -0.3 is 26.2 Å². The number of carbonyl (C=O) groups excluding carboxylic acids is 1. The van der Waals surface area contributed by atoms with Crippen LogP contribution in [-0.4, -0.2) is 27.6 Å². The third-order valence-corrected chi connectivity index (χ3v) is 8.11. The van der Waals surface area contributed by atoms with E-state index in [1.807, 2.05) is 60.7 Å². The van der Waals surface area contributed by atoms with Crippen LogP contribution in [0.1, 0.15) is 48.0 Å². The molecule has 2 atom stereocenters. The van der Waals surface area contributed by atoms with Crippen molar-refractivity contribution >= 4 is 23.1 Å². The second-order valence-electron chi connectivity index (χ2n) is 10.8. The zero-order valence-corrected chi connectivity index (χ0v) is 20.2. The molecule has 4 bridgehead atoms. The molecule has 4 aliphatic rings. The smallest absolute Gasteiger partial charge is 0.252 e. The molecule has 0 spiro atoms. The van der Waals surface area contributed by atoms with Crippen molar-refractivity contribution in [2.75, 3.05) is 10.6 Å². The van der Waals surface area contributed by atoms with E-state index in [9.17, 15) is 9.90 Å². The fourth-order valence-electron chi connectivity index (χ4n) is 6.76. The van der Waals surface area contributed by atoms with Gasteiger partial charge in [-0.25, -0.2) is 4.98 Å². The van der Waals surface area contributed by atoms with Crippen molar-refractivity contribution in [3.63, 3.8) is 0 Å². The van der Waals surface area contributed by atoms with Gasteiger partial charge in [-0.05, 0) is 79.7 Å². The summed E-state index contributed by atoms with van der Waals surface area (Å²) in [5, 5.41) is 17.9. The zero-order chi connectivity index (χ0) is 24.7. The molecule has 0 aliphatic heterocycles. The first-order valence-electron chi connectivity index (χ1n) is 12.8.